The lowest BCUT2D eigenvalue weighted by molar-refractivity contribution is -0.142. The Morgan fingerprint density at radius 2 is 2.12 bits per heavy atom. The molecule has 0 aliphatic carbocycles. The summed E-state index contributed by atoms with van der Waals surface area (Å²) in [6.45, 7) is 2.10. The zero-order chi connectivity index (χ0) is 18.7. The van der Waals surface area contributed by atoms with Gasteiger partial charge >= 0.3 is 5.97 Å². The van der Waals surface area contributed by atoms with Crippen LogP contribution in [-0.4, -0.2) is 31.7 Å². The van der Waals surface area contributed by atoms with Crippen molar-refractivity contribution < 1.29 is 13.9 Å². The number of rotatable bonds is 6. The van der Waals surface area contributed by atoms with Gasteiger partial charge in [0.2, 0.25) is 5.89 Å². The molecule has 7 heteroatoms. The smallest absolute Gasteiger partial charge is 0.312 e. The number of hydrogen-bond acceptors (Lipinski definition) is 6. The first-order valence-corrected chi connectivity index (χ1v) is 9.36. The summed E-state index contributed by atoms with van der Waals surface area (Å²) in [7, 11) is 3.94. The van der Waals surface area contributed by atoms with E-state index in [0.29, 0.717) is 28.3 Å². The van der Waals surface area contributed by atoms with Gasteiger partial charge in [-0.15, -0.1) is 11.3 Å². The van der Waals surface area contributed by atoms with Crippen molar-refractivity contribution in [3.05, 3.63) is 46.4 Å². The summed E-state index contributed by atoms with van der Waals surface area (Å²) in [5, 5.41) is 0. The molecule has 0 saturated carbocycles. The van der Waals surface area contributed by atoms with E-state index in [0.717, 1.165) is 16.1 Å². The molecule has 0 fully saturated rings. The molecule has 0 N–H and O–H groups in total. The van der Waals surface area contributed by atoms with Crippen LogP contribution in [0.3, 0.4) is 0 Å². The first-order valence-electron chi connectivity index (χ1n) is 8.16. The second kappa shape index (κ2) is 7.93. The Bertz CT molecular complexity index is 917. The number of thiophene rings is 1. The fraction of sp³-hybridized carbons (Fsp3) is 0.263. The predicted molar refractivity (Wildman–Crippen MR) is 105 cm³/mol. The molecule has 26 heavy (non-hydrogen) atoms. The van der Waals surface area contributed by atoms with Crippen LogP contribution in [0.4, 0.5) is 5.69 Å². The lowest BCUT2D eigenvalue weighted by Gasteiger charge is -2.12. The number of benzene rings is 1. The standard InChI is InChI=1S/C19H19ClN2O3S/c1-4-24-17(23)11-14-18(15-8-9-16(20)26-15)25-19(21-14)12-6-5-7-13(10-12)22(2)3/h5-10H,4,11H2,1-3H3. The Morgan fingerprint density at radius 1 is 1.31 bits per heavy atom. The predicted octanol–water partition coefficient (Wildman–Crippen LogP) is 4.90. The van der Waals surface area contributed by atoms with Crippen molar-refractivity contribution in [3.8, 4) is 22.1 Å². The summed E-state index contributed by atoms with van der Waals surface area (Å²) in [4.78, 5) is 19.4. The van der Waals surface area contributed by atoms with Crippen LogP contribution < -0.4 is 4.90 Å². The second-order valence-electron chi connectivity index (χ2n) is 5.83. The number of hydrogen-bond donors (Lipinski definition) is 0. The molecule has 0 atom stereocenters. The molecular formula is C19H19ClN2O3S. The average molecular weight is 391 g/mol. The number of ether oxygens (including phenoxy) is 1. The van der Waals surface area contributed by atoms with Crippen LogP contribution in [0.5, 0.6) is 0 Å². The molecule has 2 heterocycles. The third-order valence-electron chi connectivity index (χ3n) is 3.72. The Hall–Kier alpha value is -2.31. The Kier molecular flexibility index (Phi) is 5.64. The number of anilines is 1. The van der Waals surface area contributed by atoms with Gasteiger partial charge in [0, 0.05) is 25.3 Å². The van der Waals surface area contributed by atoms with Gasteiger partial charge in [0.1, 0.15) is 0 Å². The summed E-state index contributed by atoms with van der Waals surface area (Å²) < 4.78 is 11.7. The van der Waals surface area contributed by atoms with E-state index >= 15 is 0 Å². The number of carbonyl (C=O) groups is 1. The van der Waals surface area contributed by atoms with Crippen molar-refractivity contribution >= 4 is 34.6 Å². The van der Waals surface area contributed by atoms with E-state index in [-0.39, 0.29) is 12.4 Å². The second-order valence-corrected chi connectivity index (χ2v) is 7.54. The average Bonchev–Trinajstić information content (AvgIpc) is 3.21. The summed E-state index contributed by atoms with van der Waals surface area (Å²) in [5.74, 6) is 0.686. The summed E-state index contributed by atoms with van der Waals surface area (Å²) in [6, 6.07) is 11.5. The molecule has 0 saturated heterocycles. The van der Waals surface area contributed by atoms with E-state index in [1.807, 2.05) is 49.3 Å². The fourth-order valence-electron chi connectivity index (χ4n) is 2.49. The lowest BCUT2D eigenvalue weighted by Crippen LogP contribution is -2.08. The number of oxazole rings is 1. The monoisotopic (exact) mass is 390 g/mol. The first-order chi connectivity index (χ1) is 12.5. The highest BCUT2D eigenvalue weighted by atomic mass is 35.5. The van der Waals surface area contributed by atoms with Crippen molar-refractivity contribution in [1.29, 1.82) is 0 Å². The van der Waals surface area contributed by atoms with Crippen molar-refractivity contribution in [3.63, 3.8) is 0 Å². The van der Waals surface area contributed by atoms with Crippen molar-refractivity contribution in [2.24, 2.45) is 0 Å². The molecule has 0 bridgehead atoms. The number of esters is 1. The minimum Gasteiger partial charge on any atom is -0.466 e. The highest BCUT2D eigenvalue weighted by Crippen LogP contribution is 2.36. The molecule has 3 rings (SSSR count). The van der Waals surface area contributed by atoms with Gasteiger partial charge < -0.3 is 14.1 Å². The minimum atomic E-state index is -0.335. The van der Waals surface area contributed by atoms with Crippen LogP contribution in [-0.2, 0) is 16.0 Å². The van der Waals surface area contributed by atoms with Crippen LogP contribution >= 0.6 is 22.9 Å². The number of carbonyl (C=O) groups excluding carboxylic acids is 1. The third kappa shape index (κ3) is 4.08. The Labute approximate surface area is 161 Å². The van der Waals surface area contributed by atoms with Crippen LogP contribution in [0.2, 0.25) is 4.34 Å². The van der Waals surface area contributed by atoms with Crippen LogP contribution in [0.1, 0.15) is 12.6 Å². The van der Waals surface area contributed by atoms with E-state index in [4.69, 9.17) is 20.8 Å². The highest BCUT2D eigenvalue weighted by Gasteiger charge is 2.21. The van der Waals surface area contributed by atoms with E-state index in [2.05, 4.69) is 4.98 Å². The molecule has 0 aliphatic heterocycles. The van der Waals surface area contributed by atoms with Gasteiger partial charge in [-0.1, -0.05) is 17.7 Å². The van der Waals surface area contributed by atoms with E-state index in [1.54, 1.807) is 13.0 Å². The molecule has 0 spiro atoms. The molecular weight excluding hydrogens is 372 g/mol. The Morgan fingerprint density at radius 3 is 2.77 bits per heavy atom. The van der Waals surface area contributed by atoms with Gasteiger partial charge in [0.05, 0.1) is 27.9 Å². The number of aromatic nitrogens is 1. The molecule has 0 radical (unpaired) electrons. The molecule has 2 aromatic heterocycles. The first kappa shape index (κ1) is 18.5. The third-order valence-corrected chi connectivity index (χ3v) is 4.95. The highest BCUT2D eigenvalue weighted by molar-refractivity contribution is 7.19. The molecule has 0 aliphatic rings. The Balaban J connectivity index is 2.03. The summed E-state index contributed by atoms with van der Waals surface area (Å²) in [6.07, 6.45) is 0.0512. The summed E-state index contributed by atoms with van der Waals surface area (Å²) in [5.41, 5.74) is 2.43. The lowest BCUT2D eigenvalue weighted by atomic mass is 10.2. The number of nitrogens with zero attached hydrogens (tertiary/aromatic N) is 2. The van der Waals surface area contributed by atoms with Gasteiger partial charge in [-0.3, -0.25) is 4.79 Å². The van der Waals surface area contributed by atoms with Crippen molar-refractivity contribution in [2.45, 2.75) is 13.3 Å². The fourth-order valence-corrected chi connectivity index (χ4v) is 3.54. The zero-order valence-corrected chi connectivity index (χ0v) is 16.4. The zero-order valence-electron chi connectivity index (χ0n) is 14.8. The molecule has 0 amide bonds. The molecule has 0 unspecified atom stereocenters. The van der Waals surface area contributed by atoms with E-state index < -0.39 is 0 Å². The van der Waals surface area contributed by atoms with E-state index in [9.17, 15) is 4.79 Å². The molecule has 1 aromatic carbocycles. The maximum absolute atomic E-state index is 12.0. The maximum atomic E-state index is 12.0. The van der Waals surface area contributed by atoms with Crippen LogP contribution in [0.15, 0.2) is 40.8 Å². The van der Waals surface area contributed by atoms with E-state index in [1.165, 1.54) is 11.3 Å². The summed E-state index contributed by atoms with van der Waals surface area (Å²) >= 11 is 7.44. The minimum absolute atomic E-state index is 0.0512. The van der Waals surface area contributed by atoms with Gasteiger partial charge in [0.25, 0.3) is 0 Å². The van der Waals surface area contributed by atoms with Gasteiger partial charge in [-0.25, -0.2) is 4.98 Å². The quantitative estimate of drug-likeness (QED) is 0.560. The molecule has 5 nitrogen and oxygen atoms in total. The van der Waals surface area contributed by atoms with Gasteiger partial charge in [0.15, 0.2) is 5.76 Å². The molecule has 136 valence electrons. The topological polar surface area (TPSA) is 55.6 Å². The largest absolute Gasteiger partial charge is 0.466 e. The van der Waals surface area contributed by atoms with Gasteiger partial charge in [-0.05, 0) is 37.3 Å². The van der Waals surface area contributed by atoms with Gasteiger partial charge in [-0.2, -0.15) is 0 Å². The van der Waals surface area contributed by atoms with Crippen molar-refractivity contribution in [1.82, 2.24) is 4.98 Å². The van der Waals surface area contributed by atoms with Crippen LogP contribution in [0, 0.1) is 0 Å². The van der Waals surface area contributed by atoms with Crippen LogP contribution in [0.25, 0.3) is 22.1 Å². The SMILES string of the molecule is CCOC(=O)Cc1nc(-c2cccc(N(C)C)c2)oc1-c1ccc(Cl)s1. The maximum Gasteiger partial charge on any atom is 0.312 e. The van der Waals surface area contributed by atoms with Crippen molar-refractivity contribution in [2.75, 3.05) is 25.6 Å². The number of halogens is 1. The normalized spacial score (nSPS) is 10.8. The molecule has 3 aromatic rings.